The Kier molecular flexibility index (Phi) is 2.65. The topological polar surface area (TPSA) is 41.5 Å². The fraction of sp³-hybridized carbons (Fsp3) is 1.00. The van der Waals surface area contributed by atoms with Crippen molar-refractivity contribution < 1.29 is 9.84 Å². The van der Waals surface area contributed by atoms with E-state index in [1.54, 1.807) is 0 Å². The molecule has 1 aliphatic heterocycles. The normalized spacial score (nSPS) is 22.2. The first kappa shape index (κ1) is 7.98. The highest BCUT2D eigenvalue weighted by Crippen LogP contribution is 2.14. The van der Waals surface area contributed by atoms with Crippen LogP contribution in [0, 0.1) is 0 Å². The summed E-state index contributed by atoms with van der Waals surface area (Å²) in [5.41, 5.74) is 0.0508. The molecule has 3 nitrogen and oxygen atoms in total. The molecule has 0 atom stereocenters. The number of aliphatic hydroxyl groups is 1. The lowest BCUT2D eigenvalue weighted by atomic mass is 10.0. The van der Waals surface area contributed by atoms with E-state index >= 15 is 0 Å². The molecule has 0 radical (unpaired) electrons. The minimum absolute atomic E-state index is 0.0508. The molecule has 10 heavy (non-hydrogen) atoms. The van der Waals surface area contributed by atoms with Crippen LogP contribution >= 0.6 is 0 Å². The maximum Gasteiger partial charge on any atom is 0.0901 e. The van der Waals surface area contributed by atoms with Crippen molar-refractivity contribution in [2.75, 3.05) is 26.3 Å². The molecule has 1 heterocycles. The van der Waals surface area contributed by atoms with Crippen molar-refractivity contribution in [2.45, 2.75) is 18.9 Å². The number of hydrogen-bond acceptors (Lipinski definition) is 3. The molecule has 1 saturated heterocycles. The number of hydrogen-bond donors (Lipinski definition) is 2. The van der Waals surface area contributed by atoms with E-state index in [1.165, 1.54) is 0 Å². The van der Waals surface area contributed by atoms with E-state index in [2.05, 4.69) is 12.2 Å². The van der Waals surface area contributed by atoms with Crippen LogP contribution in [-0.2, 0) is 4.74 Å². The maximum atomic E-state index is 8.46. The SMILES string of the molecule is CC1(OCCCO)CNC1. The van der Waals surface area contributed by atoms with Crippen molar-refractivity contribution in [1.29, 1.82) is 0 Å². The average Bonchev–Trinajstić information content (AvgIpc) is 1.85. The van der Waals surface area contributed by atoms with E-state index in [0.29, 0.717) is 6.61 Å². The van der Waals surface area contributed by atoms with Gasteiger partial charge in [0.15, 0.2) is 0 Å². The van der Waals surface area contributed by atoms with Gasteiger partial charge in [-0.15, -0.1) is 0 Å². The summed E-state index contributed by atoms with van der Waals surface area (Å²) < 4.78 is 5.48. The molecule has 0 aliphatic carbocycles. The first-order chi connectivity index (χ1) is 4.77. The molecule has 0 aromatic heterocycles. The van der Waals surface area contributed by atoms with Gasteiger partial charge >= 0.3 is 0 Å². The molecule has 1 rings (SSSR count). The highest BCUT2D eigenvalue weighted by molar-refractivity contribution is 4.89. The van der Waals surface area contributed by atoms with Crippen LogP contribution in [0.25, 0.3) is 0 Å². The monoisotopic (exact) mass is 145 g/mol. The second-order valence-corrected chi connectivity index (χ2v) is 2.98. The van der Waals surface area contributed by atoms with Gasteiger partial charge in [0.2, 0.25) is 0 Å². The third-order valence-electron chi connectivity index (χ3n) is 1.75. The first-order valence-electron chi connectivity index (χ1n) is 3.72. The Bertz CT molecular complexity index is 102. The van der Waals surface area contributed by atoms with Gasteiger partial charge in [0.05, 0.1) is 5.60 Å². The summed E-state index contributed by atoms with van der Waals surface area (Å²) in [6, 6.07) is 0. The molecule has 3 heteroatoms. The fourth-order valence-corrected chi connectivity index (χ4v) is 0.962. The highest BCUT2D eigenvalue weighted by atomic mass is 16.5. The Labute approximate surface area is 61.4 Å². The predicted molar refractivity (Wildman–Crippen MR) is 38.9 cm³/mol. The van der Waals surface area contributed by atoms with Gasteiger partial charge in [-0.2, -0.15) is 0 Å². The number of ether oxygens (including phenoxy) is 1. The van der Waals surface area contributed by atoms with E-state index in [4.69, 9.17) is 9.84 Å². The van der Waals surface area contributed by atoms with Crippen molar-refractivity contribution in [3.63, 3.8) is 0 Å². The summed E-state index contributed by atoms with van der Waals surface area (Å²) in [6.07, 6.45) is 0.746. The second kappa shape index (κ2) is 3.32. The molecule has 0 amide bonds. The Balaban J connectivity index is 2.01. The summed E-state index contributed by atoms with van der Waals surface area (Å²) in [5.74, 6) is 0. The van der Waals surface area contributed by atoms with Crippen LogP contribution in [0.1, 0.15) is 13.3 Å². The lowest BCUT2D eigenvalue weighted by Gasteiger charge is -2.39. The van der Waals surface area contributed by atoms with Crippen LogP contribution in [0.5, 0.6) is 0 Å². The van der Waals surface area contributed by atoms with Crippen LogP contribution in [0.15, 0.2) is 0 Å². The van der Waals surface area contributed by atoms with Gasteiger partial charge in [-0.25, -0.2) is 0 Å². The zero-order valence-electron chi connectivity index (χ0n) is 6.39. The lowest BCUT2D eigenvalue weighted by molar-refractivity contribution is -0.0698. The molecule has 0 spiro atoms. The van der Waals surface area contributed by atoms with Gasteiger partial charge in [0.1, 0.15) is 0 Å². The van der Waals surface area contributed by atoms with Crippen LogP contribution in [0.4, 0.5) is 0 Å². The van der Waals surface area contributed by atoms with Crippen LogP contribution in [0.3, 0.4) is 0 Å². The van der Waals surface area contributed by atoms with Gasteiger partial charge in [-0.1, -0.05) is 0 Å². The van der Waals surface area contributed by atoms with Gasteiger partial charge < -0.3 is 15.2 Å². The molecule has 1 fully saturated rings. The molecule has 1 aliphatic rings. The van der Waals surface area contributed by atoms with Crippen molar-refractivity contribution >= 4 is 0 Å². The standard InChI is InChI=1S/C7H15NO2/c1-7(5-8-6-7)10-4-2-3-9/h8-9H,2-6H2,1H3. The average molecular weight is 145 g/mol. The maximum absolute atomic E-state index is 8.46. The molecule has 0 aromatic rings. The molecule has 60 valence electrons. The van der Waals surface area contributed by atoms with Crippen molar-refractivity contribution in [1.82, 2.24) is 5.32 Å². The summed E-state index contributed by atoms with van der Waals surface area (Å²) in [6.45, 7) is 4.87. The minimum Gasteiger partial charge on any atom is -0.396 e. The quantitative estimate of drug-likeness (QED) is 0.536. The zero-order valence-corrected chi connectivity index (χ0v) is 6.39. The van der Waals surface area contributed by atoms with Crippen LogP contribution in [0.2, 0.25) is 0 Å². The van der Waals surface area contributed by atoms with Crippen molar-refractivity contribution in [2.24, 2.45) is 0 Å². The summed E-state index contributed by atoms with van der Waals surface area (Å²) in [5, 5.41) is 11.6. The Morgan fingerprint density at radius 1 is 1.60 bits per heavy atom. The number of aliphatic hydroxyl groups excluding tert-OH is 1. The third-order valence-corrected chi connectivity index (χ3v) is 1.75. The van der Waals surface area contributed by atoms with Gasteiger partial charge in [0, 0.05) is 26.3 Å². The molecule has 0 bridgehead atoms. The molecule has 0 unspecified atom stereocenters. The number of nitrogens with one attached hydrogen (secondary N) is 1. The molecular formula is C7H15NO2. The van der Waals surface area contributed by atoms with E-state index in [1.807, 2.05) is 0 Å². The van der Waals surface area contributed by atoms with Crippen molar-refractivity contribution in [3.8, 4) is 0 Å². The van der Waals surface area contributed by atoms with E-state index in [-0.39, 0.29) is 12.2 Å². The summed E-state index contributed by atoms with van der Waals surface area (Å²) in [7, 11) is 0. The number of rotatable bonds is 4. The molecule has 0 aromatic carbocycles. The summed E-state index contributed by atoms with van der Waals surface area (Å²) in [4.78, 5) is 0. The zero-order chi connectivity index (χ0) is 7.45. The Morgan fingerprint density at radius 3 is 2.70 bits per heavy atom. The van der Waals surface area contributed by atoms with Crippen LogP contribution in [-0.4, -0.2) is 37.0 Å². The first-order valence-corrected chi connectivity index (χ1v) is 3.72. The largest absolute Gasteiger partial charge is 0.396 e. The van der Waals surface area contributed by atoms with Gasteiger partial charge in [-0.05, 0) is 13.3 Å². The smallest absolute Gasteiger partial charge is 0.0901 e. The van der Waals surface area contributed by atoms with Gasteiger partial charge in [-0.3, -0.25) is 0 Å². The van der Waals surface area contributed by atoms with E-state index in [9.17, 15) is 0 Å². The Hall–Kier alpha value is -0.120. The van der Waals surface area contributed by atoms with Crippen molar-refractivity contribution in [3.05, 3.63) is 0 Å². The van der Waals surface area contributed by atoms with E-state index < -0.39 is 0 Å². The lowest BCUT2D eigenvalue weighted by Crippen LogP contribution is -2.59. The second-order valence-electron chi connectivity index (χ2n) is 2.98. The van der Waals surface area contributed by atoms with Gasteiger partial charge in [0.25, 0.3) is 0 Å². The fourth-order valence-electron chi connectivity index (χ4n) is 0.962. The minimum atomic E-state index is 0.0508. The van der Waals surface area contributed by atoms with E-state index in [0.717, 1.165) is 19.5 Å². The molecule has 0 saturated carbocycles. The van der Waals surface area contributed by atoms with Crippen LogP contribution < -0.4 is 5.32 Å². The predicted octanol–water partition coefficient (Wildman–Crippen LogP) is -0.253. The molecule has 2 N–H and O–H groups in total. The molecular weight excluding hydrogens is 130 g/mol. The Morgan fingerprint density at radius 2 is 2.30 bits per heavy atom. The highest BCUT2D eigenvalue weighted by Gasteiger charge is 2.31. The third kappa shape index (κ3) is 1.94. The summed E-state index contributed by atoms with van der Waals surface area (Å²) >= 11 is 0.